The molecule has 6 nitrogen and oxygen atoms in total. The lowest BCUT2D eigenvalue weighted by Crippen LogP contribution is -2.35. The summed E-state index contributed by atoms with van der Waals surface area (Å²) in [6.45, 7) is 5.93. The van der Waals surface area contributed by atoms with Gasteiger partial charge in [-0.3, -0.25) is 4.79 Å². The molecule has 0 atom stereocenters. The Morgan fingerprint density at radius 2 is 1.77 bits per heavy atom. The van der Waals surface area contributed by atoms with E-state index in [-0.39, 0.29) is 17.6 Å². The van der Waals surface area contributed by atoms with Gasteiger partial charge in [0.05, 0.1) is 11.6 Å². The molecular weight excluding hydrogens is 386 g/mol. The normalized spacial score (nSPS) is 12.2. The van der Waals surface area contributed by atoms with Crippen molar-refractivity contribution >= 4 is 23.1 Å². The standard InChI is InChI=1S/C23H21N5O.C2H6/c1-14-6-7-15(13-24)8-20(14)27-22-12-18(25)11-21(28-22)23(29)26-19-9-16-4-2-3-5-17(16)10-19;1-2/h2-8,11-12,19H,9-10H2,1H3,(H,26,29)(H3,25,27,28);1-2H3. The monoisotopic (exact) mass is 413 g/mol. The van der Waals surface area contributed by atoms with Crippen LogP contribution in [-0.4, -0.2) is 16.9 Å². The zero-order chi connectivity index (χ0) is 22.4. The number of nitrogens with two attached hydrogens (primary N) is 1. The second-order valence-corrected chi connectivity index (χ2v) is 7.28. The minimum atomic E-state index is -0.249. The third-order valence-electron chi connectivity index (χ3n) is 5.10. The number of benzene rings is 2. The molecule has 0 unspecified atom stereocenters. The molecule has 0 radical (unpaired) electrons. The van der Waals surface area contributed by atoms with Gasteiger partial charge in [-0.1, -0.05) is 44.2 Å². The van der Waals surface area contributed by atoms with Gasteiger partial charge in [0.15, 0.2) is 0 Å². The maximum atomic E-state index is 12.8. The zero-order valence-electron chi connectivity index (χ0n) is 18.1. The van der Waals surface area contributed by atoms with Gasteiger partial charge in [0.2, 0.25) is 0 Å². The quantitative estimate of drug-likeness (QED) is 0.584. The van der Waals surface area contributed by atoms with Gasteiger partial charge in [-0.05, 0) is 54.7 Å². The first-order valence-electron chi connectivity index (χ1n) is 10.4. The number of carbonyl (C=O) groups excluding carboxylic acids is 1. The first-order valence-corrected chi connectivity index (χ1v) is 10.4. The highest BCUT2D eigenvalue weighted by molar-refractivity contribution is 5.94. The van der Waals surface area contributed by atoms with E-state index >= 15 is 0 Å². The van der Waals surface area contributed by atoms with Crippen LogP contribution in [0.3, 0.4) is 0 Å². The molecule has 4 rings (SSSR count). The summed E-state index contributed by atoms with van der Waals surface area (Å²) in [6, 6.07) is 19.0. The van der Waals surface area contributed by atoms with Gasteiger partial charge in [0, 0.05) is 23.5 Å². The summed E-state index contributed by atoms with van der Waals surface area (Å²) < 4.78 is 0. The average Bonchev–Trinajstić information content (AvgIpc) is 3.18. The molecule has 6 heteroatoms. The van der Waals surface area contributed by atoms with Gasteiger partial charge >= 0.3 is 0 Å². The van der Waals surface area contributed by atoms with Crippen molar-refractivity contribution in [3.05, 3.63) is 82.5 Å². The predicted octanol–water partition coefficient (Wildman–Crippen LogP) is 4.51. The maximum Gasteiger partial charge on any atom is 0.270 e. The van der Waals surface area contributed by atoms with Gasteiger partial charge in [0.1, 0.15) is 11.5 Å². The molecule has 1 aromatic heterocycles. The van der Waals surface area contributed by atoms with Gasteiger partial charge < -0.3 is 16.4 Å². The molecule has 0 bridgehead atoms. The molecule has 0 fully saturated rings. The number of hydrogen-bond donors (Lipinski definition) is 3. The Bertz CT molecular complexity index is 1110. The molecule has 1 aliphatic rings. The number of nitriles is 1. The van der Waals surface area contributed by atoms with E-state index in [4.69, 9.17) is 11.0 Å². The highest BCUT2D eigenvalue weighted by Gasteiger charge is 2.23. The Balaban J connectivity index is 0.00000132. The summed E-state index contributed by atoms with van der Waals surface area (Å²) in [5, 5.41) is 15.3. The number of fused-ring (bicyclic) bond motifs is 1. The molecule has 2 aromatic carbocycles. The second kappa shape index (κ2) is 9.77. The van der Waals surface area contributed by atoms with Crippen LogP contribution in [0.1, 0.15) is 46.6 Å². The van der Waals surface area contributed by atoms with Crippen LogP contribution < -0.4 is 16.4 Å². The van der Waals surface area contributed by atoms with Crippen molar-refractivity contribution in [2.45, 2.75) is 39.7 Å². The average molecular weight is 414 g/mol. The van der Waals surface area contributed by atoms with E-state index in [0.717, 1.165) is 24.1 Å². The van der Waals surface area contributed by atoms with Crippen molar-refractivity contribution in [1.82, 2.24) is 10.3 Å². The summed E-state index contributed by atoms with van der Waals surface area (Å²) in [7, 11) is 0. The lowest BCUT2D eigenvalue weighted by Gasteiger charge is -2.14. The minimum Gasteiger partial charge on any atom is -0.399 e. The Morgan fingerprint density at radius 3 is 2.42 bits per heavy atom. The second-order valence-electron chi connectivity index (χ2n) is 7.28. The topological polar surface area (TPSA) is 104 Å². The highest BCUT2D eigenvalue weighted by Crippen LogP contribution is 2.24. The third-order valence-corrected chi connectivity index (χ3v) is 5.10. The number of carbonyl (C=O) groups is 1. The van der Waals surface area contributed by atoms with E-state index < -0.39 is 0 Å². The van der Waals surface area contributed by atoms with Crippen LogP contribution in [-0.2, 0) is 12.8 Å². The van der Waals surface area contributed by atoms with Crippen molar-refractivity contribution < 1.29 is 4.79 Å². The van der Waals surface area contributed by atoms with Gasteiger partial charge in [-0.2, -0.15) is 5.26 Å². The van der Waals surface area contributed by atoms with Crippen LogP contribution in [0.25, 0.3) is 0 Å². The Morgan fingerprint density at radius 1 is 1.10 bits per heavy atom. The van der Waals surface area contributed by atoms with Gasteiger partial charge in [-0.25, -0.2) is 4.98 Å². The van der Waals surface area contributed by atoms with E-state index in [2.05, 4.69) is 33.8 Å². The SMILES string of the molecule is CC.Cc1ccc(C#N)cc1Nc1cc(N)cc(C(=O)NC2Cc3ccccc3C2)n1. The predicted molar refractivity (Wildman–Crippen MR) is 124 cm³/mol. The van der Waals surface area contributed by atoms with E-state index in [0.29, 0.717) is 17.1 Å². The van der Waals surface area contributed by atoms with Crippen molar-refractivity contribution in [3.8, 4) is 6.07 Å². The molecule has 3 aromatic rings. The smallest absolute Gasteiger partial charge is 0.270 e. The number of nitrogens with zero attached hydrogens (tertiary/aromatic N) is 2. The third kappa shape index (κ3) is 5.20. The van der Waals surface area contributed by atoms with E-state index in [1.54, 1.807) is 24.3 Å². The van der Waals surface area contributed by atoms with Crippen LogP contribution >= 0.6 is 0 Å². The van der Waals surface area contributed by atoms with Crippen LogP contribution in [0.2, 0.25) is 0 Å². The van der Waals surface area contributed by atoms with Crippen molar-refractivity contribution in [2.24, 2.45) is 0 Å². The first-order chi connectivity index (χ1) is 15.0. The van der Waals surface area contributed by atoms with Gasteiger partial charge in [0.25, 0.3) is 5.91 Å². The number of hydrogen-bond acceptors (Lipinski definition) is 5. The zero-order valence-corrected chi connectivity index (χ0v) is 18.1. The van der Waals surface area contributed by atoms with E-state index in [9.17, 15) is 4.79 Å². The van der Waals surface area contributed by atoms with Crippen LogP contribution in [0.15, 0.2) is 54.6 Å². The molecule has 1 amide bonds. The largest absolute Gasteiger partial charge is 0.399 e. The molecule has 1 heterocycles. The number of aromatic nitrogens is 1. The van der Waals surface area contributed by atoms with Crippen molar-refractivity contribution in [1.29, 1.82) is 5.26 Å². The van der Waals surface area contributed by atoms with Crippen molar-refractivity contribution in [2.75, 3.05) is 11.1 Å². The van der Waals surface area contributed by atoms with Crippen LogP contribution in [0.5, 0.6) is 0 Å². The minimum absolute atomic E-state index is 0.0501. The number of aryl methyl sites for hydroxylation is 1. The lowest BCUT2D eigenvalue weighted by atomic mass is 10.1. The Labute approximate surface area is 183 Å². The summed E-state index contributed by atoms with van der Waals surface area (Å²) >= 11 is 0. The van der Waals surface area contributed by atoms with Crippen molar-refractivity contribution in [3.63, 3.8) is 0 Å². The molecule has 0 aliphatic heterocycles. The number of nitrogens with one attached hydrogen (secondary N) is 2. The molecule has 1 aliphatic carbocycles. The number of pyridine rings is 1. The summed E-state index contributed by atoms with van der Waals surface area (Å²) in [5.74, 6) is 0.212. The Hall–Kier alpha value is -3.85. The number of amides is 1. The summed E-state index contributed by atoms with van der Waals surface area (Å²) in [4.78, 5) is 17.2. The molecule has 0 spiro atoms. The molecule has 158 valence electrons. The Kier molecular flexibility index (Phi) is 6.88. The maximum absolute atomic E-state index is 12.8. The molecule has 4 N–H and O–H groups in total. The summed E-state index contributed by atoms with van der Waals surface area (Å²) in [5.41, 5.74) is 11.5. The molecular formula is C25H27N5O. The molecule has 0 saturated carbocycles. The molecule has 0 saturated heterocycles. The highest BCUT2D eigenvalue weighted by atomic mass is 16.1. The van der Waals surface area contributed by atoms with Crippen LogP contribution in [0.4, 0.5) is 17.2 Å². The van der Waals surface area contributed by atoms with Gasteiger partial charge in [-0.15, -0.1) is 0 Å². The van der Waals surface area contributed by atoms with E-state index in [1.165, 1.54) is 11.1 Å². The number of anilines is 3. The number of nitrogen functional groups attached to an aromatic ring is 1. The number of rotatable bonds is 4. The molecule has 31 heavy (non-hydrogen) atoms. The van der Waals surface area contributed by atoms with E-state index in [1.807, 2.05) is 39.0 Å². The fourth-order valence-corrected chi connectivity index (χ4v) is 3.62. The lowest BCUT2D eigenvalue weighted by molar-refractivity contribution is 0.0933. The first kappa shape index (κ1) is 21.8. The fourth-order valence-electron chi connectivity index (χ4n) is 3.62. The summed E-state index contributed by atoms with van der Waals surface area (Å²) in [6.07, 6.45) is 1.63. The van der Waals surface area contributed by atoms with Crippen LogP contribution in [0, 0.1) is 18.3 Å². The fraction of sp³-hybridized carbons (Fsp3) is 0.240.